The Hall–Kier alpha value is -2.45. The van der Waals surface area contributed by atoms with Crippen LogP contribution < -0.4 is 10.5 Å². The molecule has 21 heavy (non-hydrogen) atoms. The van der Waals surface area contributed by atoms with E-state index in [9.17, 15) is 13.2 Å². The van der Waals surface area contributed by atoms with Gasteiger partial charge in [-0.25, -0.2) is 13.2 Å². The number of hydrogen-bond acceptors (Lipinski definition) is 2. The minimum atomic E-state index is -0.752. The van der Waals surface area contributed by atoms with E-state index < -0.39 is 17.5 Å². The SMILES string of the molecule is NCC#Cc1ccc(COc2cc(F)cc(F)c2)c(F)c1. The molecule has 0 bridgehead atoms. The molecule has 2 nitrogen and oxygen atoms in total. The topological polar surface area (TPSA) is 35.2 Å². The molecule has 5 heteroatoms. The Morgan fingerprint density at radius 2 is 1.71 bits per heavy atom. The average Bonchev–Trinajstić information content (AvgIpc) is 2.43. The fourth-order valence-corrected chi connectivity index (χ4v) is 1.67. The Morgan fingerprint density at radius 1 is 1.00 bits per heavy atom. The largest absolute Gasteiger partial charge is 0.489 e. The normalized spacial score (nSPS) is 9.90. The van der Waals surface area contributed by atoms with Crippen LogP contribution in [0.1, 0.15) is 11.1 Å². The average molecular weight is 291 g/mol. The summed E-state index contributed by atoms with van der Waals surface area (Å²) in [7, 11) is 0. The van der Waals surface area contributed by atoms with Crippen molar-refractivity contribution in [3.8, 4) is 17.6 Å². The van der Waals surface area contributed by atoms with Crippen LogP contribution in [0.2, 0.25) is 0 Å². The van der Waals surface area contributed by atoms with E-state index in [0.29, 0.717) is 5.56 Å². The standard InChI is InChI=1S/C16H12F3NO/c17-13-7-14(18)9-15(8-13)21-10-12-4-3-11(2-1-5-20)6-16(12)19/h3-4,6-9H,5,10,20H2. The molecule has 0 heterocycles. The molecule has 0 unspecified atom stereocenters. The van der Waals surface area contributed by atoms with E-state index in [4.69, 9.17) is 10.5 Å². The summed E-state index contributed by atoms with van der Waals surface area (Å²) in [4.78, 5) is 0. The Labute approximate surface area is 120 Å². The molecule has 0 aliphatic rings. The quantitative estimate of drug-likeness (QED) is 0.882. The molecule has 0 fully saturated rings. The first-order valence-corrected chi connectivity index (χ1v) is 6.15. The fourth-order valence-electron chi connectivity index (χ4n) is 1.67. The maximum Gasteiger partial charge on any atom is 0.131 e. The zero-order valence-electron chi connectivity index (χ0n) is 11.0. The molecule has 2 N–H and O–H groups in total. The van der Waals surface area contributed by atoms with Gasteiger partial charge in [0.1, 0.15) is 29.8 Å². The monoisotopic (exact) mass is 291 g/mol. The van der Waals surface area contributed by atoms with Crippen LogP contribution in [0.15, 0.2) is 36.4 Å². The van der Waals surface area contributed by atoms with E-state index in [-0.39, 0.29) is 24.5 Å². The van der Waals surface area contributed by atoms with Crippen molar-refractivity contribution >= 4 is 0 Å². The lowest BCUT2D eigenvalue weighted by Crippen LogP contribution is -2.00. The predicted octanol–water partition coefficient (Wildman–Crippen LogP) is 2.99. The third kappa shape index (κ3) is 4.26. The van der Waals surface area contributed by atoms with Crippen molar-refractivity contribution in [2.75, 3.05) is 6.54 Å². The van der Waals surface area contributed by atoms with E-state index in [0.717, 1.165) is 18.2 Å². The van der Waals surface area contributed by atoms with E-state index in [1.54, 1.807) is 6.07 Å². The predicted molar refractivity (Wildman–Crippen MR) is 73.0 cm³/mol. The van der Waals surface area contributed by atoms with E-state index in [1.165, 1.54) is 12.1 Å². The van der Waals surface area contributed by atoms with Gasteiger partial charge in [-0.05, 0) is 12.1 Å². The molecular formula is C16H12F3NO. The Kier molecular flexibility index (Phi) is 4.85. The Balaban J connectivity index is 2.09. The summed E-state index contributed by atoms with van der Waals surface area (Å²) in [5.41, 5.74) is 5.99. The number of hydrogen-bond donors (Lipinski definition) is 1. The summed E-state index contributed by atoms with van der Waals surface area (Å²) in [6.07, 6.45) is 0. The third-order valence-corrected chi connectivity index (χ3v) is 2.62. The van der Waals surface area contributed by atoms with Crippen LogP contribution >= 0.6 is 0 Å². The van der Waals surface area contributed by atoms with Crippen LogP contribution in [-0.2, 0) is 6.61 Å². The molecule has 0 aromatic heterocycles. The number of ether oxygens (including phenoxy) is 1. The second kappa shape index (κ2) is 6.82. The summed E-state index contributed by atoms with van der Waals surface area (Å²) in [5.74, 6) is 3.32. The van der Waals surface area contributed by atoms with Crippen LogP contribution in [0.3, 0.4) is 0 Å². The molecule has 0 aliphatic heterocycles. The van der Waals surface area contributed by atoms with Crippen molar-refractivity contribution in [3.63, 3.8) is 0 Å². The van der Waals surface area contributed by atoms with Gasteiger partial charge in [-0.3, -0.25) is 0 Å². The van der Waals surface area contributed by atoms with Crippen molar-refractivity contribution in [2.24, 2.45) is 5.73 Å². The first kappa shape index (κ1) is 14.9. The fraction of sp³-hybridized carbons (Fsp3) is 0.125. The van der Waals surface area contributed by atoms with Crippen LogP contribution in [0.25, 0.3) is 0 Å². The van der Waals surface area contributed by atoms with Crippen molar-refractivity contribution in [2.45, 2.75) is 6.61 Å². The summed E-state index contributed by atoms with van der Waals surface area (Å²) in [6.45, 7) is 0.0525. The van der Waals surface area contributed by atoms with Gasteiger partial charge in [0.2, 0.25) is 0 Å². The lowest BCUT2D eigenvalue weighted by Gasteiger charge is -2.08. The molecule has 0 amide bonds. The van der Waals surface area contributed by atoms with Crippen LogP contribution in [0.5, 0.6) is 5.75 Å². The molecule has 0 saturated heterocycles. The van der Waals surface area contributed by atoms with E-state index in [2.05, 4.69) is 11.8 Å². The van der Waals surface area contributed by atoms with E-state index in [1.807, 2.05) is 0 Å². The van der Waals surface area contributed by atoms with Gasteiger partial charge in [0, 0.05) is 29.3 Å². The molecule has 2 rings (SSSR count). The van der Waals surface area contributed by atoms with Crippen LogP contribution in [0, 0.1) is 29.3 Å². The summed E-state index contributed by atoms with van der Waals surface area (Å²) in [5, 5.41) is 0. The van der Waals surface area contributed by atoms with Gasteiger partial charge in [-0.2, -0.15) is 0 Å². The van der Waals surface area contributed by atoms with Gasteiger partial charge in [0.25, 0.3) is 0 Å². The highest BCUT2D eigenvalue weighted by Gasteiger charge is 2.06. The summed E-state index contributed by atoms with van der Waals surface area (Å²) < 4.78 is 45.0. The Bertz CT molecular complexity index is 684. The lowest BCUT2D eigenvalue weighted by molar-refractivity contribution is 0.296. The van der Waals surface area contributed by atoms with Crippen LogP contribution in [0.4, 0.5) is 13.2 Å². The number of nitrogens with two attached hydrogens (primary N) is 1. The van der Waals surface area contributed by atoms with Gasteiger partial charge in [0.05, 0.1) is 6.54 Å². The van der Waals surface area contributed by atoms with Gasteiger partial charge < -0.3 is 10.5 Å². The minimum Gasteiger partial charge on any atom is -0.489 e. The third-order valence-electron chi connectivity index (χ3n) is 2.62. The number of halogens is 3. The van der Waals surface area contributed by atoms with E-state index >= 15 is 0 Å². The molecule has 0 spiro atoms. The highest BCUT2D eigenvalue weighted by atomic mass is 19.1. The van der Waals surface area contributed by atoms with Gasteiger partial charge in [0.15, 0.2) is 0 Å². The minimum absolute atomic E-state index is 0.00102. The summed E-state index contributed by atoms with van der Waals surface area (Å²) >= 11 is 0. The van der Waals surface area contributed by atoms with Crippen molar-refractivity contribution in [3.05, 3.63) is 65.0 Å². The number of benzene rings is 2. The van der Waals surface area contributed by atoms with Gasteiger partial charge in [-0.1, -0.05) is 17.9 Å². The number of rotatable bonds is 3. The first-order chi connectivity index (χ1) is 10.1. The molecule has 2 aromatic carbocycles. The zero-order chi connectivity index (χ0) is 15.2. The molecule has 0 atom stereocenters. The molecule has 108 valence electrons. The first-order valence-electron chi connectivity index (χ1n) is 6.15. The second-order valence-corrected chi connectivity index (χ2v) is 4.21. The van der Waals surface area contributed by atoms with Crippen LogP contribution in [-0.4, -0.2) is 6.54 Å². The zero-order valence-corrected chi connectivity index (χ0v) is 11.0. The molecule has 0 saturated carbocycles. The van der Waals surface area contributed by atoms with Crippen molar-refractivity contribution < 1.29 is 17.9 Å². The molecule has 0 aliphatic carbocycles. The van der Waals surface area contributed by atoms with Gasteiger partial charge in [-0.15, -0.1) is 0 Å². The maximum absolute atomic E-state index is 13.8. The smallest absolute Gasteiger partial charge is 0.131 e. The van der Waals surface area contributed by atoms with Crippen molar-refractivity contribution in [1.82, 2.24) is 0 Å². The summed E-state index contributed by atoms with van der Waals surface area (Å²) in [6, 6.07) is 7.18. The Morgan fingerprint density at radius 3 is 2.33 bits per heavy atom. The highest BCUT2D eigenvalue weighted by molar-refractivity contribution is 5.37. The van der Waals surface area contributed by atoms with Crippen molar-refractivity contribution in [1.29, 1.82) is 0 Å². The molecular weight excluding hydrogens is 279 g/mol. The van der Waals surface area contributed by atoms with Gasteiger partial charge >= 0.3 is 0 Å². The highest BCUT2D eigenvalue weighted by Crippen LogP contribution is 2.18. The molecule has 0 radical (unpaired) electrons. The molecule has 2 aromatic rings. The maximum atomic E-state index is 13.8. The lowest BCUT2D eigenvalue weighted by atomic mass is 10.1. The second-order valence-electron chi connectivity index (χ2n) is 4.21.